The highest BCUT2D eigenvalue weighted by atomic mass is 16.3. The van der Waals surface area contributed by atoms with Gasteiger partial charge in [0.25, 0.3) is 0 Å². The van der Waals surface area contributed by atoms with Crippen LogP contribution in [-0.2, 0) is 0 Å². The van der Waals surface area contributed by atoms with Gasteiger partial charge in [0.05, 0.1) is 11.4 Å². The van der Waals surface area contributed by atoms with Crippen LogP contribution in [-0.4, -0.2) is 0 Å². The third-order valence-corrected chi connectivity index (χ3v) is 15.2. The van der Waals surface area contributed by atoms with Crippen molar-refractivity contribution >= 4 is 133 Å². The number of hydrogen-bond donors (Lipinski definition) is 0. The van der Waals surface area contributed by atoms with Crippen LogP contribution in [0.5, 0.6) is 0 Å². The molecule has 0 unspecified atom stereocenters. The molecule has 0 saturated carbocycles. The first-order valence-corrected chi connectivity index (χ1v) is 25.6. The fraction of sp³-hybridized carbons (Fsp3) is 0. The second-order valence-corrected chi connectivity index (χ2v) is 19.6. The van der Waals surface area contributed by atoms with E-state index in [9.17, 15) is 0 Å². The first kappa shape index (κ1) is 42.2. The molecule has 0 amide bonds. The van der Waals surface area contributed by atoms with E-state index in [0.717, 1.165) is 155 Å². The topological polar surface area (TPSA) is 59.0 Å². The summed E-state index contributed by atoms with van der Waals surface area (Å²) in [6.45, 7) is 0. The highest BCUT2D eigenvalue weighted by molar-refractivity contribution is 6.17. The van der Waals surface area contributed by atoms with Crippen LogP contribution in [0.15, 0.2) is 272 Å². The second-order valence-electron chi connectivity index (χ2n) is 19.6. The van der Waals surface area contributed by atoms with E-state index >= 15 is 0 Å². The van der Waals surface area contributed by atoms with Crippen molar-refractivity contribution in [2.45, 2.75) is 0 Å². The minimum atomic E-state index is 0.800. The van der Waals surface area contributed by atoms with Crippen molar-refractivity contribution in [1.82, 2.24) is 0 Å². The van der Waals surface area contributed by atoms with Gasteiger partial charge < -0.3 is 27.5 Å². The van der Waals surface area contributed by atoms with Gasteiger partial charge >= 0.3 is 0 Å². The fourth-order valence-electron chi connectivity index (χ4n) is 11.6. The van der Waals surface area contributed by atoms with Gasteiger partial charge in [-0.15, -0.1) is 0 Å². The minimum absolute atomic E-state index is 0.800. The highest BCUT2D eigenvalue weighted by Gasteiger charge is 2.24. The molecule has 76 heavy (non-hydrogen) atoms. The molecule has 4 heterocycles. The quantitative estimate of drug-likeness (QED) is 0.151. The lowest BCUT2D eigenvalue weighted by Crippen LogP contribution is -2.11. The average molecular weight is 975 g/mol. The first-order valence-electron chi connectivity index (χ1n) is 25.6. The van der Waals surface area contributed by atoms with Crippen molar-refractivity contribution in [3.63, 3.8) is 0 Å². The summed E-state index contributed by atoms with van der Waals surface area (Å²) < 4.78 is 26.8. The monoisotopic (exact) mass is 974 g/mol. The molecule has 0 aliphatic carbocycles. The third kappa shape index (κ3) is 6.67. The number of anilines is 6. The Morgan fingerprint density at radius 1 is 0.211 bits per heavy atom. The molecule has 16 aromatic rings. The molecule has 0 aliphatic heterocycles. The van der Waals surface area contributed by atoms with Crippen molar-refractivity contribution < 1.29 is 17.7 Å². The number of furan rings is 4. The summed E-state index contributed by atoms with van der Waals surface area (Å²) >= 11 is 0. The van der Waals surface area contributed by atoms with Crippen molar-refractivity contribution in [3.8, 4) is 22.3 Å². The van der Waals surface area contributed by atoms with Gasteiger partial charge in [0.15, 0.2) is 0 Å². The summed E-state index contributed by atoms with van der Waals surface area (Å²) in [6, 6.07) is 89.6. The lowest BCUT2D eigenvalue weighted by Gasteiger charge is -2.28. The lowest BCUT2D eigenvalue weighted by atomic mass is 9.98. The smallest absolute Gasteiger partial charge is 0.137 e. The Kier molecular flexibility index (Phi) is 9.23. The number of rotatable bonds is 8. The van der Waals surface area contributed by atoms with Gasteiger partial charge in [-0.25, -0.2) is 0 Å². The zero-order valence-corrected chi connectivity index (χ0v) is 40.8. The van der Waals surface area contributed by atoms with Gasteiger partial charge in [-0.05, 0) is 119 Å². The van der Waals surface area contributed by atoms with Gasteiger partial charge in [-0.3, -0.25) is 0 Å². The zero-order valence-electron chi connectivity index (χ0n) is 40.8. The molecule has 6 nitrogen and oxygen atoms in total. The first-order chi connectivity index (χ1) is 37.6. The number of benzene rings is 12. The van der Waals surface area contributed by atoms with Gasteiger partial charge in [-0.1, -0.05) is 133 Å². The van der Waals surface area contributed by atoms with E-state index in [1.807, 2.05) is 24.3 Å². The Labute approximate surface area is 435 Å². The van der Waals surface area contributed by atoms with Gasteiger partial charge in [0, 0.05) is 101 Å². The fourth-order valence-corrected chi connectivity index (χ4v) is 11.6. The van der Waals surface area contributed by atoms with Crippen LogP contribution in [0, 0.1) is 0 Å². The molecular formula is C70H42N2O4. The van der Waals surface area contributed by atoms with Crippen LogP contribution in [0.25, 0.3) is 121 Å². The van der Waals surface area contributed by atoms with E-state index in [2.05, 4.69) is 240 Å². The Morgan fingerprint density at radius 3 is 0.974 bits per heavy atom. The number of hydrogen-bond acceptors (Lipinski definition) is 6. The van der Waals surface area contributed by atoms with Crippen LogP contribution in [0.3, 0.4) is 0 Å². The van der Waals surface area contributed by atoms with E-state index in [1.54, 1.807) is 0 Å². The molecule has 16 rings (SSSR count). The van der Waals surface area contributed by atoms with Crippen LogP contribution in [0.1, 0.15) is 0 Å². The predicted molar refractivity (Wildman–Crippen MR) is 313 cm³/mol. The molecule has 0 N–H and O–H groups in total. The van der Waals surface area contributed by atoms with Gasteiger partial charge in [0.1, 0.15) is 44.7 Å². The van der Waals surface area contributed by atoms with Crippen LogP contribution < -0.4 is 9.80 Å². The average Bonchev–Trinajstić information content (AvgIpc) is 4.25. The van der Waals surface area contributed by atoms with E-state index < -0.39 is 0 Å². The van der Waals surface area contributed by atoms with Crippen molar-refractivity contribution in [2.24, 2.45) is 0 Å². The molecule has 0 saturated heterocycles. The summed E-state index contributed by atoms with van der Waals surface area (Å²) in [6.07, 6.45) is 0. The largest absolute Gasteiger partial charge is 0.456 e. The van der Waals surface area contributed by atoms with E-state index in [0.29, 0.717) is 0 Å². The molecule has 0 spiro atoms. The maximum absolute atomic E-state index is 6.86. The second kappa shape index (κ2) is 16.6. The van der Waals surface area contributed by atoms with Crippen molar-refractivity contribution in [2.75, 3.05) is 9.80 Å². The molecule has 12 aromatic carbocycles. The Balaban J connectivity index is 0.820. The van der Waals surface area contributed by atoms with Gasteiger partial charge in [0.2, 0.25) is 0 Å². The Hall–Kier alpha value is -10.3. The number of fused-ring (bicyclic) bond motifs is 13. The summed E-state index contributed by atoms with van der Waals surface area (Å²) in [5.41, 5.74) is 17.0. The molecule has 0 radical (unpaired) electrons. The lowest BCUT2D eigenvalue weighted by molar-refractivity contribution is 0.668. The molecule has 0 aliphatic rings. The molecule has 0 fully saturated rings. The standard InChI is InChI=1S/C70H42N2O4/c1-5-17-43(18-6-1)55-39-59-51-25-13-15-27-63(51)73-69(59)41-61(55)71(47-21-9-3-10-22-47)49-29-31-53-57-33-45-36-66-58(34-46(45)35-65(57)75-67(53)37-49)54-32-30-50(38-68(54)76-66)72(48-23-11-4-12-24-48)62-42-70-60(52-26-14-16-28-64(52)74-70)40-56(62)44-19-7-2-8-20-44/h1-42H. The minimum Gasteiger partial charge on any atom is -0.456 e. The predicted octanol–water partition coefficient (Wildman–Crippen LogP) is 20.7. The molecule has 4 aromatic heterocycles. The Morgan fingerprint density at radius 2 is 0.539 bits per heavy atom. The highest BCUT2D eigenvalue weighted by Crippen LogP contribution is 2.49. The third-order valence-electron chi connectivity index (χ3n) is 15.2. The number of para-hydroxylation sites is 4. The van der Waals surface area contributed by atoms with Crippen molar-refractivity contribution in [1.29, 1.82) is 0 Å². The van der Waals surface area contributed by atoms with Crippen molar-refractivity contribution in [3.05, 3.63) is 255 Å². The summed E-state index contributed by atoms with van der Waals surface area (Å²) in [5.74, 6) is 0. The summed E-state index contributed by atoms with van der Waals surface area (Å²) in [4.78, 5) is 4.62. The number of nitrogens with zero attached hydrogens (tertiary/aromatic N) is 2. The SMILES string of the molecule is c1ccc(-c2cc3c(cc2N(c2ccccc2)c2ccc4c(c2)oc2cc5cc6c(cc5cc24)oc2cc(N(c4ccccc4)c4cc5oc7ccccc7c5cc4-c4ccccc4)ccc26)oc2ccccc23)cc1. The molecule has 0 atom stereocenters. The zero-order chi connectivity index (χ0) is 49.8. The summed E-state index contributed by atoms with van der Waals surface area (Å²) in [7, 11) is 0. The van der Waals surface area contributed by atoms with Gasteiger partial charge in [-0.2, -0.15) is 0 Å². The van der Waals surface area contributed by atoms with Crippen LogP contribution >= 0.6 is 0 Å². The Bertz CT molecular complexity index is 4620. The van der Waals surface area contributed by atoms with E-state index in [-0.39, 0.29) is 0 Å². The normalized spacial score (nSPS) is 11.9. The maximum atomic E-state index is 6.86. The molecule has 0 bridgehead atoms. The van der Waals surface area contributed by atoms with Crippen LogP contribution in [0.2, 0.25) is 0 Å². The molecule has 356 valence electrons. The maximum Gasteiger partial charge on any atom is 0.137 e. The molecule has 6 heteroatoms. The molecular weight excluding hydrogens is 933 g/mol. The van der Waals surface area contributed by atoms with E-state index in [4.69, 9.17) is 17.7 Å². The van der Waals surface area contributed by atoms with Crippen LogP contribution in [0.4, 0.5) is 34.1 Å². The summed E-state index contributed by atoms with van der Waals surface area (Å²) in [5, 5.41) is 10.6. The van der Waals surface area contributed by atoms with E-state index in [1.165, 1.54) is 0 Å².